The van der Waals surface area contributed by atoms with Crippen LogP contribution in [0.2, 0.25) is 0 Å². The van der Waals surface area contributed by atoms with Gasteiger partial charge in [-0.3, -0.25) is 5.43 Å². The van der Waals surface area contributed by atoms with Gasteiger partial charge in [0.1, 0.15) is 5.75 Å². The number of aromatic hydroxyl groups is 3. The molecular formula is C13H12N2O3. The third kappa shape index (κ3) is 2.70. The lowest BCUT2D eigenvalue weighted by Gasteiger charge is -2.03. The Hall–Kier alpha value is -2.69. The SMILES string of the molecule is Oc1cc(O)c(C=NNc2ccccc2)cc1O. The van der Waals surface area contributed by atoms with E-state index in [4.69, 9.17) is 5.11 Å². The molecule has 0 spiro atoms. The average Bonchev–Trinajstić information content (AvgIpc) is 2.37. The molecule has 0 atom stereocenters. The molecule has 0 bridgehead atoms. The first-order valence-electron chi connectivity index (χ1n) is 5.26. The molecule has 0 aliphatic carbocycles. The first-order chi connectivity index (χ1) is 8.66. The lowest BCUT2D eigenvalue weighted by atomic mass is 10.2. The zero-order valence-electron chi connectivity index (χ0n) is 9.41. The van der Waals surface area contributed by atoms with E-state index < -0.39 is 0 Å². The summed E-state index contributed by atoms with van der Waals surface area (Å²) in [6, 6.07) is 11.6. The van der Waals surface area contributed by atoms with Crippen LogP contribution in [0.25, 0.3) is 0 Å². The molecule has 0 amide bonds. The van der Waals surface area contributed by atoms with Gasteiger partial charge in [-0.05, 0) is 18.2 Å². The number of phenols is 3. The number of para-hydroxylation sites is 1. The zero-order valence-corrected chi connectivity index (χ0v) is 9.41. The number of nitrogens with one attached hydrogen (secondary N) is 1. The largest absolute Gasteiger partial charge is 0.507 e. The van der Waals surface area contributed by atoms with E-state index in [0.29, 0.717) is 5.56 Å². The molecule has 2 aromatic carbocycles. The Labute approximate surface area is 104 Å². The molecule has 2 rings (SSSR count). The second-order valence-corrected chi connectivity index (χ2v) is 3.64. The van der Waals surface area contributed by atoms with Gasteiger partial charge >= 0.3 is 0 Å². The highest BCUT2D eigenvalue weighted by Crippen LogP contribution is 2.31. The average molecular weight is 244 g/mol. The molecule has 0 unspecified atom stereocenters. The molecular weight excluding hydrogens is 232 g/mol. The molecule has 0 saturated heterocycles. The summed E-state index contributed by atoms with van der Waals surface area (Å²) in [7, 11) is 0. The van der Waals surface area contributed by atoms with Crippen molar-refractivity contribution in [3.63, 3.8) is 0 Å². The summed E-state index contributed by atoms with van der Waals surface area (Å²) in [4.78, 5) is 0. The molecule has 0 aromatic heterocycles. The Morgan fingerprint density at radius 3 is 2.28 bits per heavy atom. The van der Waals surface area contributed by atoms with Crippen molar-refractivity contribution in [3.05, 3.63) is 48.0 Å². The van der Waals surface area contributed by atoms with Crippen molar-refractivity contribution in [2.45, 2.75) is 0 Å². The van der Waals surface area contributed by atoms with E-state index in [9.17, 15) is 10.2 Å². The molecule has 18 heavy (non-hydrogen) atoms. The minimum atomic E-state index is -0.374. The molecule has 5 heteroatoms. The normalized spacial score (nSPS) is 10.7. The predicted octanol–water partition coefficient (Wildman–Crippen LogP) is 2.25. The van der Waals surface area contributed by atoms with Gasteiger partial charge in [0.2, 0.25) is 0 Å². The standard InChI is InChI=1S/C13H12N2O3/c16-11-7-13(18)12(17)6-9(11)8-14-15-10-4-2-1-3-5-10/h1-8,15-18H. The van der Waals surface area contributed by atoms with Gasteiger partial charge in [0, 0.05) is 11.6 Å². The van der Waals surface area contributed by atoms with E-state index in [-0.39, 0.29) is 17.2 Å². The van der Waals surface area contributed by atoms with E-state index in [2.05, 4.69) is 10.5 Å². The van der Waals surface area contributed by atoms with Gasteiger partial charge in [-0.25, -0.2) is 0 Å². The summed E-state index contributed by atoms with van der Waals surface area (Å²) in [6.07, 6.45) is 1.35. The lowest BCUT2D eigenvalue weighted by molar-refractivity contribution is 0.396. The Kier molecular flexibility index (Phi) is 3.33. The summed E-state index contributed by atoms with van der Waals surface area (Å²) >= 11 is 0. The summed E-state index contributed by atoms with van der Waals surface area (Å²) in [5.41, 5.74) is 3.87. The summed E-state index contributed by atoms with van der Waals surface area (Å²) < 4.78 is 0. The van der Waals surface area contributed by atoms with Crippen LogP contribution in [0.1, 0.15) is 5.56 Å². The van der Waals surface area contributed by atoms with Crippen molar-refractivity contribution in [1.29, 1.82) is 0 Å². The van der Waals surface area contributed by atoms with Crippen molar-refractivity contribution in [3.8, 4) is 17.2 Å². The number of anilines is 1. The highest BCUT2D eigenvalue weighted by molar-refractivity contribution is 5.85. The molecule has 5 nitrogen and oxygen atoms in total. The van der Waals surface area contributed by atoms with Crippen molar-refractivity contribution in [1.82, 2.24) is 0 Å². The maximum atomic E-state index is 9.52. The molecule has 92 valence electrons. The van der Waals surface area contributed by atoms with Crippen LogP contribution in [-0.2, 0) is 0 Å². The topological polar surface area (TPSA) is 85.1 Å². The monoisotopic (exact) mass is 244 g/mol. The smallest absolute Gasteiger partial charge is 0.161 e. The molecule has 0 saturated carbocycles. The second kappa shape index (κ2) is 5.09. The van der Waals surface area contributed by atoms with Crippen LogP contribution in [-0.4, -0.2) is 21.5 Å². The zero-order chi connectivity index (χ0) is 13.0. The summed E-state index contributed by atoms with van der Waals surface area (Å²) in [5.74, 6) is -0.849. The Bertz CT molecular complexity index is 568. The first-order valence-corrected chi connectivity index (χ1v) is 5.26. The fraction of sp³-hybridized carbons (Fsp3) is 0. The molecule has 0 aliphatic heterocycles. The Morgan fingerprint density at radius 2 is 1.56 bits per heavy atom. The van der Waals surface area contributed by atoms with Gasteiger partial charge in [0.05, 0.1) is 11.9 Å². The van der Waals surface area contributed by atoms with Crippen LogP contribution in [0.4, 0.5) is 5.69 Å². The van der Waals surface area contributed by atoms with Crippen LogP contribution in [0, 0.1) is 0 Å². The van der Waals surface area contributed by atoms with Gasteiger partial charge in [-0.15, -0.1) is 0 Å². The number of hydrazone groups is 1. The number of nitrogens with zero attached hydrogens (tertiary/aromatic N) is 1. The van der Waals surface area contributed by atoms with E-state index in [1.807, 2.05) is 30.3 Å². The molecule has 4 N–H and O–H groups in total. The maximum absolute atomic E-state index is 9.52. The lowest BCUT2D eigenvalue weighted by Crippen LogP contribution is -1.90. The molecule has 0 heterocycles. The Balaban J connectivity index is 2.12. The molecule has 0 aliphatic rings. The fourth-order valence-corrected chi connectivity index (χ4v) is 1.37. The minimum absolute atomic E-state index is 0.163. The van der Waals surface area contributed by atoms with Crippen LogP contribution in [0.3, 0.4) is 0 Å². The quantitative estimate of drug-likeness (QED) is 0.289. The third-order valence-corrected chi connectivity index (χ3v) is 2.29. The van der Waals surface area contributed by atoms with Crippen molar-refractivity contribution in [2.75, 3.05) is 5.43 Å². The van der Waals surface area contributed by atoms with Crippen LogP contribution in [0.15, 0.2) is 47.6 Å². The van der Waals surface area contributed by atoms with Crippen LogP contribution in [0.5, 0.6) is 17.2 Å². The van der Waals surface area contributed by atoms with Crippen molar-refractivity contribution < 1.29 is 15.3 Å². The van der Waals surface area contributed by atoms with E-state index in [1.165, 1.54) is 12.3 Å². The van der Waals surface area contributed by atoms with Crippen LogP contribution >= 0.6 is 0 Å². The first kappa shape index (κ1) is 11.8. The fourth-order valence-electron chi connectivity index (χ4n) is 1.37. The number of phenolic OH excluding ortho intramolecular Hbond substituents is 3. The van der Waals surface area contributed by atoms with Gasteiger partial charge in [0.15, 0.2) is 11.5 Å². The molecule has 2 aromatic rings. The van der Waals surface area contributed by atoms with Gasteiger partial charge in [-0.2, -0.15) is 5.10 Å². The highest BCUT2D eigenvalue weighted by Gasteiger charge is 2.05. The van der Waals surface area contributed by atoms with Gasteiger partial charge < -0.3 is 15.3 Å². The maximum Gasteiger partial charge on any atom is 0.161 e. The number of hydrogen-bond acceptors (Lipinski definition) is 5. The summed E-state index contributed by atoms with van der Waals surface area (Å²) in [5, 5.41) is 31.9. The third-order valence-electron chi connectivity index (χ3n) is 2.29. The van der Waals surface area contributed by atoms with Crippen molar-refractivity contribution in [2.24, 2.45) is 5.10 Å². The Morgan fingerprint density at radius 1 is 0.889 bits per heavy atom. The minimum Gasteiger partial charge on any atom is -0.507 e. The number of benzene rings is 2. The van der Waals surface area contributed by atoms with Gasteiger partial charge in [-0.1, -0.05) is 18.2 Å². The van der Waals surface area contributed by atoms with E-state index in [0.717, 1.165) is 11.8 Å². The highest BCUT2D eigenvalue weighted by atomic mass is 16.3. The summed E-state index contributed by atoms with van der Waals surface area (Å²) in [6.45, 7) is 0. The number of hydrogen-bond donors (Lipinski definition) is 4. The second-order valence-electron chi connectivity index (χ2n) is 3.64. The van der Waals surface area contributed by atoms with Gasteiger partial charge in [0.25, 0.3) is 0 Å². The van der Waals surface area contributed by atoms with Crippen molar-refractivity contribution >= 4 is 11.9 Å². The van der Waals surface area contributed by atoms with E-state index in [1.54, 1.807) is 0 Å². The van der Waals surface area contributed by atoms with E-state index >= 15 is 0 Å². The number of rotatable bonds is 3. The molecule has 0 radical (unpaired) electrons. The van der Waals surface area contributed by atoms with Crippen LogP contribution < -0.4 is 5.43 Å². The molecule has 0 fully saturated rings. The predicted molar refractivity (Wildman–Crippen MR) is 69.1 cm³/mol.